The Balaban J connectivity index is 2.06. The molecule has 1 N–H and O–H groups in total. The fraction of sp³-hybridized carbons (Fsp3) is 0.333. The van der Waals surface area contributed by atoms with Gasteiger partial charge in [-0.1, -0.05) is 85.9 Å². The first-order valence-electron chi connectivity index (χ1n) is 13.2. The summed E-state index contributed by atoms with van der Waals surface area (Å²) in [4.78, 5) is 28.7. The highest BCUT2D eigenvalue weighted by Gasteiger charge is 2.34. The van der Waals surface area contributed by atoms with Crippen molar-refractivity contribution in [2.24, 2.45) is 0 Å². The Bertz CT molecular complexity index is 1420. The van der Waals surface area contributed by atoms with Gasteiger partial charge in [-0.25, -0.2) is 8.42 Å². The summed E-state index contributed by atoms with van der Waals surface area (Å²) in [6, 6.07) is 19.0. The Hall–Kier alpha value is -3.07. The molecule has 10 heteroatoms. The normalized spacial score (nSPS) is 12.0. The van der Waals surface area contributed by atoms with Crippen LogP contribution in [0.3, 0.4) is 0 Å². The molecule has 3 aromatic rings. The Morgan fingerprint density at radius 2 is 1.60 bits per heavy atom. The van der Waals surface area contributed by atoms with Crippen LogP contribution in [0, 0.1) is 6.92 Å². The Kier molecular flexibility index (Phi) is 11.4. The summed E-state index contributed by atoms with van der Waals surface area (Å²) in [6.07, 6.45) is 2.04. The summed E-state index contributed by atoms with van der Waals surface area (Å²) in [6.45, 7) is 5.62. The first kappa shape index (κ1) is 31.5. The number of hydrogen-bond acceptors (Lipinski definition) is 4. The van der Waals surface area contributed by atoms with Crippen molar-refractivity contribution in [1.29, 1.82) is 0 Å². The summed E-state index contributed by atoms with van der Waals surface area (Å²) < 4.78 is 28.8. The van der Waals surface area contributed by atoms with Crippen LogP contribution in [-0.2, 0) is 26.2 Å². The Morgan fingerprint density at radius 1 is 0.925 bits per heavy atom. The van der Waals surface area contributed by atoms with Crippen LogP contribution in [0.25, 0.3) is 0 Å². The number of amides is 2. The number of nitrogens with one attached hydrogen (secondary N) is 1. The minimum atomic E-state index is -4.16. The van der Waals surface area contributed by atoms with E-state index in [2.05, 4.69) is 5.32 Å². The zero-order valence-electron chi connectivity index (χ0n) is 22.9. The number of unbranched alkanes of at least 4 members (excludes halogenated alkanes) is 1. The number of nitrogens with zero attached hydrogens (tertiary/aromatic N) is 2. The van der Waals surface area contributed by atoms with Gasteiger partial charge in [0.05, 0.1) is 10.6 Å². The lowest BCUT2D eigenvalue weighted by atomic mass is 10.1. The molecule has 1 atom stereocenters. The second-order valence-electron chi connectivity index (χ2n) is 9.44. The van der Waals surface area contributed by atoms with E-state index in [4.69, 9.17) is 23.2 Å². The van der Waals surface area contributed by atoms with Gasteiger partial charge in [0.2, 0.25) is 11.8 Å². The maximum atomic E-state index is 14.1. The molecule has 3 aromatic carbocycles. The maximum Gasteiger partial charge on any atom is 0.264 e. The predicted octanol–water partition coefficient (Wildman–Crippen LogP) is 6.22. The van der Waals surface area contributed by atoms with Gasteiger partial charge < -0.3 is 10.2 Å². The van der Waals surface area contributed by atoms with E-state index in [1.807, 2.05) is 20.8 Å². The van der Waals surface area contributed by atoms with Crippen molar-refractivity contribution in [3.63, 3.8) is 0 Å². The highest BCUT2D eigenvalue weighted by Crippen LogP contribution is 2.29. The second-order valence-corrected chi connectivity index (χ2v) is 12.1. The molecule has 0 radical (unpaired) electrons. The third-order valence-electron chi connectivity index (χ3n) is 6.57. The third kappa shape index (κ3) is 7.77. The SMILES string of the molecule is CCCCNC(=O)[C@H](CC)N(Cc1ccccc1Cl)C(=O)CN(c1ccc(C)c(Cl)c1)S(=O)(=O)c1ccccc1. The van der Waals surface area contributed by atoms with Gasteiger partial charge in [0.25, 0.3) is 10.0 Å². The third-order valence-corrected chi connectivity index (χ3v) is 9.13. The molecule has 0 aliphatic rings. The fourth-order valence-corrected chi connectivity index (χ4v) is 6.02. The number of benzene rings is 3. The molecule has 3 rings (SSSR count). The summed E-state index contributed by atoms with van der Waals surface area (Å²) in [5, 5.41) is 3.72. The standard InChI is InChI=1S/C30H35Cl2N3O4S/c1-4-6-18-33-30(37)28(5-2)34(20-23-12-10-11-15-26(23)31)29(36)21-35(24-17-16-22(3)27(32)19-24)40(38,39)25-13-8-7-9-14-25/h7-17,19,28H,4-6,18,20-21H2,1-3H3,(H,33,37)/t28-/m0/s1. The van der Waals surface area contributed by atoms with Crippen LogP contribution < -0.4 is 9.62 Å². The number of carbonyl (C=O) groups is 2. The van der Waals surface area contributed by atoms with Gasteiger partial charge in [-0.2, -0.15) is 0 Å². The highest BCUT2D eigenvalue weighted by molar-refractivity contribution is 7.92. The minimum absolute atomic E-state index is 0.0292. The monoisotopic (exact) mass is 603 g/mol. The summed E-state index contributed by atoms with van der Waals surface area (Å²) in [7, 11) is -4.16. The van der Waals surface area contributed by atoms with Crippen molar-refractivity contribution in [3.05, 3.63) is 94.0 Å². The van der Waals surface area contributed by atoms with E-state index in [9.17, 15) is 18.0 Å². The molecule has 2 amide bonds. The van der Waals surface area contributed by atoms with Crippen LogP contribution in [0.15, 0.2) is 77.7 Å². The molecule has 0 aliphatic heterocycles. The van der Waals surface area contributed by atoms with Crippen LogP contribution in [0.5, 0.6) is 0 Å². The number of sulfonamides is 1. The molecule has 0 heterocycles. The van der Waals surface area contributed by atoms with Crippen LogP contribution in [0.2, 0.25) is 10.0 Å². The minimum Gasteiger partial charge on any atom is -0.354 e. The fourth-order valence-electron chi connectivity index (χ4n) is 4.22. The second kappa shape index (κ2) is 14.5. The van der Waals surface area contributed by atoms with Crippen molar-refractivity contribution < 1.29 is 18.0 Å². The lowest BCUT2D eigenvalue weighted by Crippen LogP contribution is -2.52. The summed E-state index contributed by atoms with van der Waals surface area (Å²) in [5.41, 5.74) is 1.66. The maximum absolute atomic E-state index is 14.1. The number of aryl methyl sites for hydroxylation is 1. The van der Waals surface area contributed by atoms with Crippen molar-refractivity contribution >= 4 is 50.7 Å². The molecule has 0 aliphatic carbocycles. The van der Waals surface area contributed by atoms with E-state index >= 15 is 0 Å². The van der Waals surface area contributed by atoms with E-state index in [0.717, 1.165) is 22.7 Å². The van der Waals surface area contributed by atoms with E-state index in [-0.39, 0.29) is 23.0 Å². The largest absolute Gasteiger partial charge is 0.354 e. The molecule has 0 spiro atoms. The molecule has 40 heavy (non-hydrogen) atoms. The van der Waals surface area contributed by atoms with Gasteiger partial charge in [0.1, 0.15) is 12.6 Å². The lowest BCUT2D eigenvalue weighted by molar-refractivity contribution is -0.140. The first-order chi connectivity index (χ1) is 19.1. The number of anilines is 1. The quantitative estimate of drug-likeness (QED) is 0.235. The topological polar surface area (TPSA) is 86.8 Å². The van der Waals surface area contributed by atoms with Gasteiger partial charge in [-0.05, 0) is 61.2 Å². The van der Waals surface area contributed by atoms with Crippen molar-refractivity contribution in [2.45, 2.75) is 57.5 Å². The van der Waals surface area contributed by atoms with Gasteiger partial charge in [-0.3, -0.25) is 13.9 Å². The molecule has 214 valence electrons. The smallest absolute Gasteiger partial charge is 0.264 e. The lowest BCUT2D eigenvalue weighted by Gasteiger charge is -2.33. The van der Waals surface area contributed by atoms with Gasteiger partial charge >= 0.3 is 0 Å². The number of hydrogen-bond donors (Lipinski definition) is 1. The average molecular weight is 605 g/mol. The van der Waals surface area contributed by atoms with E-state index in [0.29, 0.717) is 28.6 Å². The number of rotatable bonds is 13. The predicted molar refractivity (Wildman–Crippen MR) is 161 cm³/mol. The van der Waals surface area contributed by atoms with Crippen LogP contribution >= 0.6 is 23.2 Å². The van der Waals surface area contributed by atoms with Crippen LogP contribution in [0.4, 0.5) is 5.69 Å². The Morgan fingerprint density at radius 3 is 2.23 bits per heavy atom. The van der Waals surface area contributed by atoms with Crippen LogP contribution in [0.1, 0.15) is 44.2 Å². The molecule has 0 fully saturated rings. The summed E-state index contributed by atoms with van der Waals surface area (Å²) >= 11 is 12.8. The van der Waals surface area contributed by atoms with Crippen LogP contribution in [-0.4, -0.2) is 44.3 Å². The van der Waals surface area contributed by atoms with Crippen molar-refractivity contribution in [2.75, 3.05) is 17.4 Å². The molecule has 0 aromatic heterocycles. The van der Waals surface area contributed by atoms with Crippen molar-refractivity contribution in [3.8, 4) is 0 Å². The highest BCUT2D eigenvalue weighted by atomic mass is 35.5. The molecular weight excluding hydrogens is 569 g/mol. The average Bonchev–Trinajstić information content (AvgIpc) is 2.94. The molecule has 0 bridgehead atoms. The number of halogens is 2. The van der Waals surface area contributed by atoms with E-state index in [1.54, 1.807) is 54.6 Å². The first-order valence-corrected chi connectivity index (χ1v) is 15.4. The molecule has 0 saturated carbocycles. The van der Waals surface area contributed by atoms with Crippen molar-refractivity contribution in [1.82, 2.24) is 10.2 Å². The molecule has 7 nitrogen and oxygen atoms in total. The summed E-state index contributed by atoms with van der Waals surface area (Å²) in [5.74, 6) is -0.846. The van der Waals surface area contributed by atoms with Gasteiger partial charge in [0, 0.05) is 23.1 Å². The van der Waals surface area contributed by atoms with Gasteiger partial charge in [0.15, 0.2) is 0 Å². The number of carbonyl (C=O) groups excluding carboxylic acids is 2. The molecule has 0 saturated heterocycles. The van der Waals surface area contributed by atoms with Gasteiger partial charge in [-0.15, -0.1) is 0 Å². The molecule has 0 unspecified atom stereocenters. The zero-order chi connectivity index (χ0) is 29.3. The van der Waals surface area contributed by atoms with E-state index in [1.165, 1.54) is 23.1 Å². The zero-order valence-corrected chi connectivity index (χ0v) is 25.3. The Labute approximate surface area is 247 Å². The van der Waals surface area contributed by atoms with E-state index < -0.39 is 28.5 Å². The molecular formula is C30H35Cl2N3O4S.